The van der Waals surface area contributed by atoms with E-state index in [4.69, 9.17) is 20.1 Å². The highest BCUT2D eigenvalue weighted by Gasteiger charge is 2.23. The molecule has 0 fully saturated rings. The van der Waals surface area contributed by atoms with Gasteiger partial charge in [-0.25, -0.2) is 19.5 Å². The van der Waals surface area contributed by atoms with E-state index < -0.39 is 0 Å². The van der Waals surface area contributed by atoms with E-state index in [2.05, 4.69) is 144 Å². The van der Waals surface area contributed by atoms with Gasteiger partial charge in [0, 0.05) is 38.8 Å². The van der Waals surface area contributed by atoms with Crippen LogP contribution in [-0.4, -0.2) is 24.6 Å². The van der Waals surface area contributed by atoms with Gasteiger partial charge in [-0.3, -0.25) is 0 Å². The van der Waals surface area contributed by atoms with Crippen LogP contribution < -0.4 is 0 Å². The summed E-state index contributed by atoms with van der Waals surface area (Å²) in [5.41, 5.74) is 12.5. The lowest BCUT2D eigenvalue weighted by atomic mass is 9.92. The first kappa shape index (κ1) is 32.2. The minimum Gasteiger partial charge on any atom is -0.231 e. The van der Waals surface area contributed by atoms with Gasteiger partial charge in [-0.1, -0.05) is 194 Å². The van der Waals surface area contributed by atoms with Crippen LogP contribution in [0.1, 0.15) is 0 Å². The molecule has 10 aromatic rings. The Morgan fingerprint density at radius 1 is 0.345 bits per heavy atom. The molecule has 0 amide bonds. The van der Waals surface area contributed by atoms with Crippen LogP contribution in [0, 0.1) is 0 Å². The first-order chi connectivity index (χ1) is 27.3. The molecule has 5 heteroatoms. The van der Waals surface area contributed by atoms with E-state index >= 15 is 0 Å². The zero-order valence-corrected chi connectivity index (χ0v) is 29.8. The van der Waals surface area contributed by atoms with Gasteiger partial charge >= 0.3 is 0 Å². The summed E-state index contributed by atoms with van der Waals surface area (Å²) in [5.74, 6) is 1.91. The summed E-state index contributed by atoms with van der Waals surface area (Å²) in [4.78, 5) is 14.8. The third-order valence-corrected chi connectivity index (χ3v) is 10.1. The highest BCUT2D eigenvalue weighted by atomic mass is 15.2. The van der Waals surface area contributed by atoms with Crippen molar-refractivity contribution in [1.82, 2.24) is 24.6 Å². The van der Waals surface area contributed by atoms with Gasteiger partial charge in [0.05, 0.1) is 11.2 Å². The quantitative estimate of drug-likeness (QED) is 0.166. The van der Waals surface area contributed by atoms with E-state index in [0.717, 1.165) is 77.7 Å². The summed E-state index contributed by atoms with van der Waals surface area (Å²) >= 11 is 0. The van der Waals surface area contributed by atoms with Gasteiger partial charge in [-0.2, -0.15) is 5.10 Å². The predicted octanol–water partition coefficient (Wildman–Crippen LogP) is 12.3. The lowest BCUT2D eigenvalue weighted by Crippen LogP contribution is -2.00. The number of hydrogen-bond donors (Lipinski definition) is 0. The second kappa shape index (κ2) is 13.8. The highest BCUT2D eigenvalue weighted by molar-refractivity contribution is 6.14. The molecule has 55 heavy (non-hydrogen) atoms. The zero-order chi connectivity index (χ0) is 36.6. The molecule has 0 aliphatic heterocycles. The number of benzene rings is 7. The molecule has 7 aromatic carbocycles. The Morgan fingerprint density at radius 3 is 1.31 bits per heavy atom. The summed E-state index contributed by atoms with van der Waals surface area (Å²) in [5, 5.41) is 7.72. The number of fused-ring (bicyclic) bond motifs is 3. The number of nitrogens with zero attached hydrogens (tertiary/aromatic N) is 5. The lowest BCUT2D eigenvalue weighted by molar-refractivity contribution is 0.980. The van der Waals surface area contributed by atoms with E-state index in [0.29, 0.717) is 17.5 Å². The van der Waals surface area contributed by atoms with E-state index in [1.54, 1.807) is 0 Å². The molecule has 0 saturated heterocycles. The number of rotatable bonds is 7. The van der Waals surface area contributed by atoms with Crippen LogP contribution in [0.5, 0.6) is 0 Å². The third kappa shape index (κ3) is 5.94. The zero-order valence-electron chi connectivity index (χ0n) is 29.8. The largest absolute Gasteiger partial charge is 0.231 e. The molecule has 0 spiro atoms. The fourth-order valence-electron chi connectivity index (χ4n) is 7.45. The lowest BCUT2D eigenvalue weighted by Gasteiger charge is -2.14. The molecule has 258 valence electrons. The van der Waals surface area contributed by atoms with Crippen molar-refractivity contribution in [3.63, 3.8) is 0 Å². The smallest absolute Gasteiger partial charge is 0.164 e. The molecule has 0 aliphatic rings. The molecule has 0 saturated carbocycles. The van der Waals surface area contributed by atoms with Crippen molar-refractivity contribution in [1.29, 1.82) is 0 Å². The molecule has 3 aromatic heterocycles. The first-order valence-corrected chi connectivity index (χ1v) is 18.4. The number of hydrogen-bond acceptors (Lipinski definition) is 4. The first-order valence-electron chi connectivity index (χ1n) is 18.4. The maximum absolute atomic E-state index is 5.43. The topological polar surface area (TPSA) is 56.0 Å². The van der Waals surface area contributed by atoms with Crippen LogP contribution in [0.4, 0.5) is 0 Å². The fourth-order valence-corrected chi connectivity index (χ4v) is 7.45. The Morgan fingerprint density at radius 2 is 0.782 bits per heavy atom. The van der Waals surface area contributed by atoms with E-state index in [9.17, 15) is 0 Å². The maximum Gasteiger partial charge on any atom is 0.164 e. The Labute approximate surface area is 318 Å². The van der Waals surface area contributed by atoms with Crippen molar-refractivity contribution in [3.05, 3.63) is 200 Å². The molecule has 0 atom stereocenters. The second-order valence-electron chi connectivity index (χ2n) is 13.5. The monoisotopic (exact) mass is 703 g/mol. The molecule has 0 bridgehead atoms. The van der Waals surface area contributed by atoms with Crippen LogP contribution in [0.3, 0.4) is 0 Å². The Kier molecular flexibility index (Phi) is 8.08. The number of pyridine rings is 1. The molecule has 0 unspecified atom stereocenters. The van der Waals surface area contributed by atoms with Crippen molar-refractivity contribution in [2.75, 3.05) is 0 Å². The Balaban J connectivity index is 1.19. The van der Waals surface area contributed by atoms with Crippen molar-refractivity contribution in [2.45, 2.75) is 0 Å². The Hall–Kier alpha value is -7.50. The van der Waals surface area contributed by atoms with Crippen LogP contribution >= 0.6 is 0 Å². The molecular weight excluding hydrogens is 671 g/mol. The summed E-state index contributed by atoms with van der Waals surface area (Å²) in [7, 11) is 0. The Bertz CT molecular complexity index is 2870. The normalized spacial score (nSPS) is 11.3. The van der Waals surface area contributed by atoms with E-state index in [1.165, 1.54) is 0 Å². The van der Waals surface area contributed by atoms with E-state index in [1.807, 2.05) is 60.7 Å². The molecule has 0 aliphatic carbocycles. The highest BCUT2D eigenvalue weighted by Crippen LogP contribution is 2.44. The molecule has 10 rings (SSSR count). The van der Waals surface area contributed by atoms with E-state index in [-0.39, 0.29) is 0 Å². The van der Waals surface area contributed by atoms with Crippen molar-refractivity contribution in [2.24, 2.45) is 0 Å². The fraction of sp³-hybridized carbons (Fsp3) is 0. The summed E-state index contributed by atoms with van der Waals surface area (Å²) in [6.07, 6.45) is 0. The van der Waals surface area contributed by atoms with Crippen LogP contribution in [0.2, 0.25) is 0 Å². The van der Waals surface area contributed by atoms with Gasteiger partial charge in [0.15, 0.2) is 17.5 Å². The van der Waals surface area contributed by atoms with Gasteiger partial charge in [-0.15, -0.1) is 0 Å². The van der Waals surface area contributed by atoms with Crippen LogP contribution in [0.15, 0.2) is 200 Å². The van der Waals surface area contributed by atoms with Gasteiger partial charge < -0.3 is 0 Å². The summed E-state index contributed by atoms with van der Waals surface area (Å²) in [6.45, 7) is 0. The van der Waals surface area contributed by atoms with Crippen molar-refractivity contribution < 1.29 is 0 Å². The second-order valence-corrected chi connectivity index (χ2v) is 13.5. The van der Waals surface area contributed by atoms with Gasteiger partial charge in [0.2, 0.25) is 0 Å². The molecular formula is C50H33N5. The molecule has 0 radical (unpaired) electrons. The standard InChI is InChI=1S/C50H33N5/c1-6-17-35(18-7-1)43-33-41-27-16-28-42(44(41)47-45(36-19-8-2-9-20-36)46(54-55(43)47)37-21-10-3-11-22-37)34-29-31-40(32-30-34)50-52-48(38-23-12-4-13-24-38)51-49(53-50)39-25-14-5-15-26-39/h1-33H. The van der Waals surface area contributed by atoms with Gasteiger partial charge in [-0.05, 0) is 28.1 Å². The minimum atomic E-state index is 0.627. The summed E-state index contributed by atoms with van der Waals surface area (Å²) in [6, 6.07) is 69.3. The molecule has 3 heterocycles. The third-order valence-electron chi connectivity index (χ3n) is 10.1. The minimum absolute atomic E-state index is 0.627. The molecule has 0 N–H and O–H groups in total. The summed E-state index contributed by atoms with van der Waals surface area (Å²) < 4.78 is 2.15. The van der Waals surface area contributed by atoms with Crippen molar-refractivity contribution >= 4 is 16.3 Å². The average molecular weight is 704 g/mol. The van der Waals surface area contributed by atoms with Gasteiger partial charge in [0.1, 0.15) is 5.69 Å². The molecule has 5 nitrogen and oxygen atoms in total. The average Bonchev–Trinajstić information content (AvgIpc) is 3.68. The van der Waals surface area contributed by atoms with Crippen molar-refractivity contribution in [3.8, 4) is 78.9 Å². The SMILES string of the molecule is c1ccc(-c2nc(-c3ccccc3)nc(-c3ccc(-c4cccc5cc(-c6ccccc6)n6nc(-c7ccccc7)c(-c7ccccc7)c6c45)cc3)n2)cc1. The van der Waals surface area contributed by atoms with Crippen LogP contribution in [0.25, 0.3) is 95.2 Å². The maximum atomic E-state index is 5.43. The predicted molar refractivity (Wildman–Crippen MR) is 224 cm³/mol. The van der Waals surface area contributed by atoms with Gasteiger partial charge in [0.25, 0.3) is 0 Å². The number of aromatic nitrogens is 5. The van der Waals surface area contributed by atoms with Crippen LogP contribution in [-0.2, 0) is 0 Å².